The highest BCUT2D eigenvalue weighted by Gasteiger charge is 2.31. The number of unbranched alkanes of at least 4 members (excludes halogenated alkanes) is 1. The number of carbonyl (C=O) groups excluding carboxylic acids is 3. The lowest BCUT2D eigenvalue weighted by Crippen LogP contribution is -2.56. The molecule has 0 radical (unpaired) electrons. The number of rotatable bonds is 25. The zero-order valence-electron chi connectivity index (χ0n) is 46.4. The molecule has 3 aliphatic rings. The lowest BCUT2D eigenvalue weighted by atomic mass is 9.93. The maximum atomic E-state index is 14.7. The van der Waals surface area contributed by atoms with Gasteiger partial charge in [-0.25, -0.2) is 27.7 Å². The Hall–Kier alpha value is -7.24. The summed E-state index contributed by atoms with van der Waals surface area (Å²) in [6, 6.07) is 22.5. The quantitative estimate of drug-likeness (QED) is 0.0214. The standard InChI is InChI=1S/C58H73N11O9S2/c1-7-68(8-2)44-19-22-47-52(32-44)78-53-33-45(69(9-3)10-4)20-23-48(53)56(47)49-24-21-46(80(75,76)77)34-54(49)79(73,74)61-27-15-14-18-50(63-55(70)31-43-36-66(6)38-59-43)57(71)64-51(58(72)62-41-25-28-65(5)29-26-41)30-42-37-67(39-60-42)35-40-16-12-11-13-17-40/h11-13,16-17,19-24,32-34,36-39,41,50-51,61H,7-10,14-15,18,25-31,35H2,1-6H3,(H3-,62,63,64,70,71,72,75,76,77)/p+1/t50-,51-/m0/s1. The maximum absolute atomic E-state index is 14.7. The zero-order valence-corrected chi connectivity index (χ0v) is 48.0. The van der Waals surface area contributed by atoms with Gasteiger partial charge in [0.1, 0.15) is 36.5 Å². The summed E-state index contributed by atoms with van der Waals surface area (Å²) in [5, 5.41) is 10.4. The first-order chi connectivity index (χ1) is 38.4. The van der Waals surface area contributed by atoms with E-state index < -0.39 is 53.8 Å². The molecule has 8 rings (SSSR count). The van der Waals surface area contributed by atoms with Gasteiger partial charge in [0.15, 0.2) is 0 Å². The molecular weight excluding hydrogens is 1060 g/mol. The van der Waals surface area contributed by atoms with Gasteiger partial charge in [0.2, 0.25) is 33.1 Å². The summed E-state index contributed by atoms with van der Waals surface area (Å²) in [6.45, 7) is 13.1. The van der Waals surface area contributed by atoms with Crippen LogP contribution in [-0.4, -0.2) is 134 Å². The van der Waals surface area contributed by atoms with Crippen molar-refractivity contribution in [1.82, 2.24) is 49.3 Å². The van der Waals surface area contributed by atoms with Crippen molar-refractivity contribution in [2.45, 2.75) is 107 Å². The Bertz CT molecular complexity index is 3560. The molecule has 3 aromatic carbocycles. The van der Waals surface area contributed by atoms with Crippen molar-refractivity contribution in [2.24, 2.45) is 7.05 Å². The largest absolute Gasteiger partial charge is 0.456 e. The molecule has 22 heteroatoms. The van der Waals surface area contributed by atoms with Crippen LogP contribution in [-0.2, 0) is 61.0 Å². The molecular formula is C58H74N11O9S2+. The number of sulfonamides is 1. The van der Waals surface area contributed by atoms with Crippen LogP contribution in [0.4, 0.5) is 5.69 Å². The normalized spacial score (nSPS) is 14.2. The third kappa shape index (κ3) is 14.8. The van der Waals surface area contributed by atoms with Gasteiger partial charge in [0, 0.05) is 98.0 Å². The van der Waals surface area contributed by atoms with Crippen LogP contribution in [0.15, 0.2) is 124 Å². The molecule has 2 atom stereocenters. The van der Waals surface area contributed by atoms with E-state index in [1.54, 1.807) is 30.5 Å². The number of nitrogens with one attached hydrogen (secondary N) is 4. The predicted octanol–water partition coefficient (Wildman–Crippen LogP) is 5.20. The molecule has 80 heavy (non-hydrogen) atoms. The van der Waals surface area contributed by atoms with Gasteiger partial charge in [-0.1, -0.05) is 36.4 Å². The molecule has 1 fully saturated rings. The minimum Gasteiger partial charge on any atom is -0.456 e. The van der Waals surface area contributed by atoms with Crippen LogP contribution in [0.25, 0.3) is 33.4 Å². The average Bonchev–Trinajstić information content (AvgIpc) is 4.14. The predicted molar refractivity (Wildman–Crippen MR) is 308 cm³/mol. The molecule has 0 saturated carbocycles. The van der Waals surface area contributed by atoms with E-state index in [-0.39, 0.29) is 56.2 Å². The number of fused-ring (bicyclic) bond motifs is 2. The molecule has 3 amide bonds. The fourth-order valence-electron chi connectivity index (χ4n) is 10.4. The van der Waals surface area contributed by atoms with E-state index >= 15 is 0 Å². The first kappa shape index (κ1) is 58.9. The van der Waals surface area contributed by atoms with E-state index in [4.69, 9.17) is 4.42 Å². The molecule has 1 aliphatic carbocycles. The molecule has 2 aromatic heterocycles. The lowest BCUT2D eigenvalue weighted by molar-refractivity contribution is -0.132. The highest BCUT2D eigenvalue weighted by atomic mass is 32.2. The fraction of sp³-hybridized carbons (Fsp3) is 0.414. The molecule has 426 valence electrons. The molecule has 0 spiro atoms. The van der Waals surface area contributed by atoms with Crippen LogP contribution in [0.2, 0.25) is 0 Å². The number of piperidine rings is 1. The van der Waals surface area contributed by atoms with Gasteiger partial charge in [-0.3, -0.25) is 18.9 Å². The molecule has 2 aliphatic heterocycles. The van der Waals surface area contributed by atoms with Crippen LogP contribution >= 0.6 is 0 Å². The Morgan fingerprint density at radius 1 is 0.800 bits per heavy atom. The van der Waals surface area contributed by atoms with Gasteiger partial charge < -0.3 is 39.3 Å². The number of benzene rings is 4. The van der Waals surface area contributed by atoms with Crippen LogP contribution < -0.4 is 35.5 Å². The number of hydrogen-bond donors (Lipinski definition) is 5. The first-order valence-corrected chi connectivity index (χ1v) is 30.3. The van der Waals surface area contributed by atoms with Crippen molar-refractivity contribution >= 4 is 54.5 Å². The minimum atomic E-state index is -4.87. The smallest absolute Gasteiger partial charge is 0.294 e. The molecule has 1 saturated heterocycles. The van der Waals surface area contributed by atoms with Crippen molar-refractivity contribution in [1.29, 1.82) is 0 Å². The Morgan fingerprint density at radius 2 is 1.52 bits per heavy atom. The van der Waals surface area contributed by atoms with Gasteiger partial charge in [-0.05, 0) is 116 Å². The summed E-state index contributed by atoms with van der Waals surface area (Å²) in [5.41, 5.74) is 4.74. The highest BCUT2D eigenvalue weighted by molar-refractivity contribution is 7.89. The summed E-state index contributed by atoms with van der Waals surface area (Å²) in [4.78, 5) is 54.5. The van der Waals surface area contributed by atoms with Gasteiger partial charge in [0.05, 0.1) is 46.3 Å². The van der Waals surface area contributed by atoms with Crippen molar-refractivity contribution in [2.75, 3.05) is 57.8 Å². The summed E-state index contributed by atoms with van der Waals surface area (Å²) >= 11 is 0. The topological polar surface area (TPSA) is 246 Å². The fourth-order valence-corrected chi connectivity index (χ4v) is 12.2. The van der Waals surface area contributed by atoms with E-state index in [1.165, 1.54) is 12.1 Å². The summed E-state index contributed by atoms with van der Waals surface area (Å²) < 4.78 is 80.1. The summed E-state index contributed by atoms with van der Waals surface area (Å²) in [6.07, 6.45) is 8.66. The lowest BCUT2D eigenvalue weighted by Gasteiger charge is -2.31. The van der Waals surface area contributed by atoms with Gasteiger partial charge >= 0.3 is 0 Å². The number of amides is 3. The van der Waals surface area contributed by atoms with Crippen molar-refractivity contribution in [3.05, 3.63) is 132 Å². The van der Waals surface area contributed by atoms with Crippen LogP contribution in [0.5, 0.6) is 0 Å². The van der Waals surface area contributed by atoms with Crippen molar-refractivity contribution in [3.8, 4) is 22.5 Å². The van der Waals surface area contributed by atoms with Crippen molar-refractivity contribution < 1.29 is 40.2 Å². The Labute approximate surface area is 468 Å². The number of aromatic nitrogens is 4. The Kier molecular flexibility index (Phi) is 19.4. The van der Waals surface area contributed by atoms with Crippen LogP contribution in [0.3, 0.4) is 0 Å². The van der Waals surface area contributed by atoms with Crippen LogP contribution in [0.1, 0.15) is 76.8 Å². The number of imidazole rings is 2. The number of hydrogen-bond acceptors (Lipinski definition) is 12. The highest BCUT2D eigenvalue weighted by Crippen LogP contribution is 2.43. The number of anilines is 1. The third-order valence-electron chi connectivity index (χ3n) is 14.7. The second-order valence-electron chi connectivity index (χ2n) is 20.4. The number of carbonyl (C=O) groups is 3. The van der Waals surface area contributed by atoms with Gasteiger partial charge in [-0.2, -0.15) is 8.42 Å². The summed E-state index contributed by atoms with van der Waals surface area (Å²) in [5.74, 6) is -0.990. The van der Waals surface area contributed by atoms with E-state index in [9.17, 15) is 35.8 Å². The van der Waals surface area contributed by atoms with E-state index in [0.717, 1.165) is 74.8 Å². The molecule has 4 heterocycles. The second kappa shape index (κ2) is 26.4. The van der Waals surface area contributed by atoms with E-state index in [2.05, 4.69) is 45.0 Å². The monoisotopic (exact) mass is 1130 g/mol. The SMILES string of the molecule is CCN(CC)c1ccc2c(-c3ccc(S(=O)(=O)O)cc3S(=O)(=O)NCCCC[C@H](NC(=O)Cc3cn(C)cn3)C(=O)N[C@@H](Cc3cn(Cc4ccccc4)cn3)C(=O)NC3CCN(C)CC3)c3ccc(=[N+](CC)CC)cc-3oc2c1. The number of aryl methyl sites for hydroxylation is 1. The molecule has 20 nitrogen and oxygen atoms in total. The zero-order chi connectivity index (χ0) is 57.1. The minimum absolute atomic E-state index is 0.0520. The average molecular weight is 1130 g/mol. The number of likely N-dealkylation sites (tertiary alicyclic amines) is 1. The third-order valence-corrected chi connectivity index (χ3v) is 17.1. The molecule has 0 unspecified atom stereocenters. The maximum Gasteiger partial charge on any atom is 0.294 e. The van der Waals surface area contributed by atoms with Gasteiger partial charge in [0.25, 0.3) is 10.1 Å². The molecule has 5 aromatic rings. The molecule has 5 N–H and O–H groups in total. The Morgan fingerprint density at radius 3 is 2.21 bits per heavy atom. The van der Waals surface area contributed by atoms with Crippen LogP contribution in [0, 0.1) is 0 Å². The Balaban J connectivity index is 1.06. The van der Waals surface area contributed by atoms with E-state index in [1.807, 2.05) is 112 Å². The van der Waals surface area contributed by atoms with Gasteiger partial charge in [-0.15, -0.1) is 0 Å². The first-order valence-electron chi connectivity index (χ1n) is 27.4. The van der Waals surface area contributed by atoms with Crippen molar-refractivity contribution in [3.63, 3.8) is 0 Å². The molecule has 0 bridgehead atoms. The number of nitrogens with zero attached hydrogens (tertiary/aromatic N) is 7. The van der Waals surface area contributed by atoms with E-state index in [0.29, 0.717) is 45.8 Å². The summed E-state index contributed by atoms with van der Waals surface area (Å²) in [7, 11) is -5.62. The second-order valence-corrected chi connectivity index (χ2v) is 23.6.